The predicted octanol–water partition coefficient (Wildman–Crippen LogP) is 2.42. The van der Waals surface area contributed by atoms with Crippen LogP contribution in [0.4, 0.5) is 0 Å². The van der Waals surface area contributed by atoms with E-state index in [0.717, 1.165) is 17.7 Å². The average Bonchev–Trinajstić information content (AvgIpc) is 2.46. The average molecular weight is 278 g/mol. The maximum absolute atomic E-state index is 11.5. The fourth-order valence-corrected chi connectivity index (χ4v) is 3.13. The quantitative estimate of drug-likeness (QED) is 0.868. The van der Waals surface area contributed by atoms with Gasteiger partial charge in [-0.3, -0.25) is 0 Å². The van der Waals surface area contributed by atoms with Crippen LogP contribution in [0.5, 0.6) is 5.75 Å². The fourth-order valence-electron chi connectivity index (χ4n) is 3.13. The van der Waals surface area contributed by atoms with E-state index in [2.05, 4.69) is 0 Å². The lowest BCUT2D eigenvalue weighted by Gasteiger charge is -2.36. The number of aryl methyl sites for hydroxylation is 1. The highest BCUT2D eigenvalue weighted by atomic mass is 16.5. The Kier molecular flexibility index (Phi) is 4.33. The van der Waals surface area contributed by atoms with Gasteiger partial charge in [-0.05, 0) is 48.9 Å². The lowest BCUT2D eigenvalue weighted by atomic mass is 9.72. The normalized spacial score (nSPS) is 20.9. The number of hydrogen-bond donors (Lipinski definition) is 2. The van der Waals surface area contributed by atoms with Gasteiger partial charge in [0.1, 0.15) is 5.75 Å². The molecular weight excluding hydrogens is 256 g/mol. The van der Waals surface area contributed by atoms with E-state index < -0.39 is 11.6 Å². The van der Waals surface area contributed by atoms with Crippen molar-refractivity contribution in [3.05, 3.63) is 29.3 Å². The number of fused-ring (bicyclic) bond motifs is 1. The Morgan fingerprint density at radius 3 is 2.80 bits per heavy atom. The monoisotopic (exact) mass is 278 g/mol. The molecule has 0 spiro atoms. The Balaban J connectivity index is 2.26. The zero-order valence-electron chi connectivity index (χ0n) is 12.1. The van der Waals surface area contributed by atoms with E-state index in [-0.39, 0.29) is 5.92 Å². The number of aliphatic carboxylic acids is 1. The molecule has 4 nitrogen and oxygen atoms in total. The molecule has 2 N–H and O–H groups in total. The van der Waals surface area contributed by atoms with Crippen LogP contribution in [0.15, 0.2) is 18.2 Å². The minimum absolute atomic E-state index is 0.237. The van der Waals surface area contributed by atoms with E-state index in [9.17, 15) is 15.0 Å². The van der Waals surface area contributed by atoms with Crippen molar-refractivity contribution >= 4 is 5.97 Å². The molecule has 2 atom stereocenters. The summed E-state index contributed by atoms with van der Waals surface area (Å²) in [7, 11) is 1.62. The standard InChI is InChI=1S/C16H22O4/c1-3-8-16(19,15(17)18)13-6-4-11-5-7-14(20-2)10-12(11)9-13/h5,7,10,13,19H,3-4,6,8-9H2,1-2H3,(H,17,18). The summed E-state index contributed by atoms with van der Waals surface area (Å²) in [6.07, 6.45) is 3.07. The zero-order chi connectivity index (χ0) is 14.8. The zero-order valence-corrected chi connectivity index (χ0v) is 12.1. The molecule has 0 saturated carbocycles. The van der Waals surface area contributed by atoms with E-state index in [0.29, 0.717) is 25.7 Å². The molecule has 1 aliphatic carbocycles. The largest absolute Gasteiger partial charge is 0.497 e. The van der Waals surface area contributed by atoms with Crippen LogP contribution in [-0.2, 0) is 17.6 Å². The van der Waals surface area contributed by atoms with Gasteiger partial charge >= 0.3 is 5.97 Å². The van der Waals surface area contributed by atoms with Crippen LogP contribution < -0.4 is 4.74 Å². The molecule has 20 heavy (non-hydrogen) atoms. The number of carbonyl (C=O) groups is 1. The number of benzene rings is 1. The van der Waals surface area contributed by atoms with Crippen molar-refractivity contribution in [1.82, 2.24) is 0 Å². The van der Waals surface area contributed by atoms with Gasteiger partial charge in [0.15, 0.2) is 5.60 Å². The summed E-state index contributed by atoms with van der Waals surface area (Å²) in [5.41, 5.74) is 0.706. The third-order valence-corrected chi connectivity index (χ3v) is 4.32. The molecule has 0 saturated heterocycles. The van der Waals surface area contributed by atoms with Crippen LogP contribution in [0.2, 0.25) is 0 Å². The Hall–Kier alpha value is -1.55. The van der Waals surface area contributed by atoms with Gasteiger partial charge in [-0.1, -0.05) is 19.4 Å². The first-order valence-electron chi connectivity index (χ1n) is 7.12. The van der Waals surface area contributed by atoms with E-state index in [1.165, 1.54) is 5.56 Å². The summed E-state index contributed by atoms with van der Waals surface area (Å²) in [6.45, 7) is 1.90. The van der Waals surface area contributed by atoms with Crippen LogP contribution >= 0.6 is 0 Å². The molecule has 110 valence electrons. The Morgan fingerprint density at radius 1 is 1.45 bits per heavy atom. The smallest absolute Gasteiger partial charge is 0.335 e. The molecule has 1 aliphatic rings. The van der Waals surface area contributed by atoms with Gasteiger partial charge in [0.25, 0.3) is 0 Å². The van der Waals surface area contributed by atoms with Crippen LogP contribution in [0.3, 0.4) is 0 Å². The molecule has 0 bridgehead atoms. The number of methoxy groups -OCH3 is 1. The number of aliphatic hydroxyl groups is 1. The van der Waals surface area contributed by atoms with Crippen molar-refractivity contribution in [2.75, 3.05) is 7.11 Å². The van der Waals surface area contributed by atoms with Crippen molar-refractivity contribution in [1.29, 1.82) is 0 Å². The number of carboxylic acids is 1. The lowest BCUT2D eigenvalue weighted by Crippen LogP contribution is -2.47. The molecule has 4 heteroatoms. The summed E-state index contributed by atoms with van der Waals surface area (Å²) >= 11 is 0. The molecule has 0 aliphatic heterocycles. The van der Waals surface area contributed by atoms with Gasteiger partial charge < -0.3 is 14.9 Å². The highest BCUT2D eigenvalue weighted by Gasteiger charge is 2.44. The maximum atomic E-state index is 11.5. The molecule has 1 aromatic carbocycles. The third-order valence-electron chi connectivity index (χ3n) is 4.32. The van der Waals surface area contributed by atoms with Gasteiger partial charge in [0.2, 0.25) is 0 Å². The van der Waals surface area contributed by atoms with E-state index in [1.54, 1.807) is 7.11 Å². The topological polar surface area (TPSA) is 66.8 Å². The van der Waals surface area contributed by atoms with Gasteiger partial charge in [-0.15, -0.1) is 0 Å². The fraction of sp³-hybridized carbons (Fsp3) is 0.562. The summed E-state index contributed by atoms with van der Waals surface area (Å²) in [6, 6.07) is 5.91. The van der Waals surface area contributed by atoms with Gasteiger partial charge in [-0.25, -0.2) is 4.79 Å². The van der Waals surface area contributed by atoms with E-state index in [4.69, 9.17) is 4.74 Å². The highest BCUT2D eigenvalue weighted by Crippen LogP contribution is 2.36. The third kappa shape index (κ3) is 2.66. The molecular formula is C16H22O4. The minimum atomic E-state index is -1.62. The molecule has 1 aromatic rings. The number of hydrogen-bond acceptors (Lipinski definition) is 3. The summed E-state index contributed by atoms with van der Waals surface area (Å²) in [4.78, 5) is 11.5. The molecule has 0 fully saturated rings. The van der Waals surface area contributed by atoms with Crippen LogP contribution in [-0.4, -0.2) is 28.9 Å². The van der Waals surface area contributed by atoms with E-state index >= 15 is 0 Å². The first kappa shape index (κ1) is 14.9. The SMILES string of the molecule is CCCC(O)(C(=O)O)C1CCc2ccc(OC)cc2C1. The number of ether oxygens (including phenoxy) is 1. The summed E-state index contributed by atoms with van der Waals surface area (Å²) < 4.78 is 5.22. The molecule has 0 radical (unpaired) electrons. The van der Waals surface area contributed by atoms with Crippen molar-refractivity contribution in [2.24, 2.45) is 5.92 Å². The molecule has 2 unspecified atom stereocenters. The van der Waals surface area contributed by atoms with Crippen molar-refractivity contribution in [3.63, 3.8) is 0 Å². The Morgan fingerprint density at radius 2 is 2.20 bits per heavy atom. The lowest BCUT2D eigenvalue weighted by molar-refractivity contribution is -0.166. The minimum Gasteiger partial charge on any atom is -0.497 e. The van der Waals surface area contributed by atoms with Crippen molar-refractivity contribution < 1.29 is 19.7 Å². The summed E-state index contributed by atoms with van der Waals surface area (Å²) in [5.74, 6) is -0.561. The van der Waals surface area contributed by atoms with Gasteiger partial charge in [0, 0.05) is 5.92 Å². The highest BCUT2D eigenvalue weighted by molar-refractivity contribution is 5.77. The predicted molar refractivity (Wildman–Crippen MR) is 76.0 cm³/mol. The number of rotatable bonds is 5. The van der Waals surface area contributed by atoms with Gasteiger partial charge in [-0.2, -0.15) is 0 Å². The summed E-state index contributed by atoms with van der Waals surface area (Å²) in [5, 5.41) is 19.9. The van der Waals surface area contributed by atoms with Crippen molar-refractivity contribution in [3.8, 4) is 5.75 Å². The van der Waals surface area contributed by atoms with Crippen LogP contribution in [0.25, 0.3) is 0 Å². The molecule has 0 amide bonds. The maximum Gasteiger partial charge on any atom is 0.335 e. The second-order valence-electron chi connectivity index (χ2n) is 5.55. The van der Waals surface area contributed by atoms with E-state index in [1.807, 2.05) is 25.1 Å². The Labute approximate surface area is 119 Å². The molecule has 0 heterocycles. The van der Waals surface area contributed by atoms with Crippen LogP contribution in [0, 0.1) is 5.92 Å². The second kappa shape index (κ2) is 5.83. The molecule has 2 rings (SSSR count). The number of carboxylic acid groups (broad SMARTS) is 1. The Bertz CT molecular complexity index is 497. The first-order chi connectivity index (χ1) is 9.51. The van der Waals surface area contributed by atoms with Gasteiger partial charge in [0.05, 0.1) is 7.11 Å². The second-order valence-corrected chi connectivity index (χ2v) is 5.55. The van der Waals surface area contributed by atoms with Crippen LogP contribution in [0.1, 0.15) is 37.3 Å². The first-order valence-corrected chi connectivity index (χ1v) is 7.12. The van der Waals surface area contributed by atoms with Crippen molar-refractivity contribution in [2.45, 2.75) is 44.6 Å². The molecule has 0 aromatic heterocycles.